The van der Waals surface area contributed by atoms with Gasteiger partial charge in [-0.25, -0.2) is 4.68 Å². The summed E-state index contributed by atoms with van der Waals surface area (Å²) in [6, 6.07) is 9.92. The van der Waals surface area contributed by atoms with Gasteiger partial charge in [0.2, 0.25) is 5.91 Å². The van der Waals surface area contributed by atoms with Crippen molar-refractivity contribution < 1.29 is 14.6 Å². The van der Waals surface area contributed by atoms with Crippen LogP contribution in [-0.4, -0.2) is 50.6 Å². The van der Waals surface area contributed by atoms with Crippen molar-refractivity contribution in [3.8, 4) is 0 Å². The van der Waals surface area contributed by atoms with Crippen LogP contribution in [0, 0.1) is 0 Å². The Morgan fingerprint density at radius 1 is 1.35 bits per heavy atom. The Labute approximate surface area is 153 Å². The molecule has 0 saturated carbocycles. The van der Waals surface area contributed by atoms with Crippen molar-refractivity contribution in [2.45, 2.75) is 44.9 Å². The lowest BCUT2D eigenvalue weighted by atomic mass is 9.90. The van der Waals surface area contributed by atoms with Crippen molar-refractivity contribution in [2.24, 2.45) is 0 Å². The van der Waals surface area contributed by atoms with Crippen LogP contribution in [0.5, 0.6) is 0 Å². The van der Waals surface area contributed by atoms with Crippen molar-refractivity contribution in [1.29, 1.82) is 0 Å². The number of aliphatic hydroxyl groups is 1. The molecule has 1 aromatic carbocycles. The minimum absolute atomic E-state index is 0.00363. The number of ether oxygens (including phenoxy) is 1. The maximum absolute atomic E-state index is 12.5. The smallest absolute Gasteiger partial charge is 0.248 e. The molecule has 3 rings (SSSR count). The van der Waals surface area contributed by atoms with E-state index in [0.29, 0.717) is 25.3 Å². The number of likely N-dealkylation sites (tertiary alicyclic amines) is 1. The van der Waals surface area contributed by atoms with Crippen LogP contribution in [0.25, 0.3) is 0 Å². The normalized spacial score (nSPS) is 20.5. The van der Waals surface area contributed by atoms with Crippen LogP contribution in [0.3, 0.4) is 0 Å². The second kappa shape index (κ2) is 7.97. The van der Waals surface area contributed by atoms with E-state index in [1.54, 1.807) is 15.8 Å². The van der Waals surface area contributed by atoms with Crippen LogP contribution in [0.2, 0.25) is 0 Å². The molecule has 1 aliphatic heterocycles. The third kappa shape index (κ3) is 4.28. The van der Waals surface area contributed by atoms with E-state index in [9.17, 15) is 9.90 Å². The Hall–Kier alpha value is -2.25. The van der Waals surface area contributed by atoms with Gasteiger partial charge in [-0.3, -0.25) is 4.79 Å². The predicted octanol–water partition coefficient (Wildman–Crippen LogP) is 1.89. The van der Waals surface area contributed by atoms with E-state index in [0.717, 1.165) is 12.0 Å². The number of piperidine rings is 1. The second-order valence-corrected chi connectivity index (χ2v) is 7.11. The quantitative estimate of drug-likeness (QED) is 0.853. The fourth-order valence-corrected chi connectivity index (χ4v) is 3.12. The average molecular weight is 358 g/mol. The lowest BCUT2D eigenvalue weighted by Crippen LogP contribution is -2.49. The molecule has 140 valence electrons. The summed E-state index contributed by atoms with van der Waals surface area (Å²) >= 11 is 0. The Kier molecular flexibility index (Phi) is 5.68. The summed E-state index contributed by atoms with van der Waals surface area (Å²) in [4.78, 5) is 14.1. The Morgan fingerprint density at radius 3 is 2.81 bits per heavy atom. The highest BCUT2D eigenvalue weighted by atomic mass is 16.5. The molecule has 1 aliphatic rings. The van der Waals surface area contributed by atoms with E-state index < -0.39 is 5.60 Å². The monoisotopic (exact) mass is 358 g/mol. The molecule has 0 aliphatic carbocycles. The van der Waals surface area contributed by atoms with Gasteiger partial charge in [0.15, 0.2) is 0 Å². The molecular weight excluding hydrogens is 332 g/mol. The van der Waals surface area contributed by atoms with Gasteiger partial charge < -0.3 is 14.7 Å². The summed E-state index contributed by atoms with van der Waals surface area (Å²) < 4.78 is 7.26. The van der Waals surface area contributed by atoms with E-state index in [4.69, 9.17) is 4.74 Å². The van der Waals surface area contributed by atoms with Gasteiger partial charge in [0.25, 0.3) is 0 Å². The van der Waals surface area contributed by atoms with Gasteiger partial charge in [-0.1, -0.05) is 35.5 Å². The third-order valence-electron chi connectivity index (χ3n) is 4.68. The molecule has 1 fully saturated rings. The van der Waals surface area contributed by atoms with Crippen molar-refractivity contribution in [2.75, 3.05) is 19.7 Å². The number of benzene rings is 1. The third-order valence-corrected chi connectivity index (χ3v) is 4.68. The number of amides is 1. The van der Waals surface area contributed by atoms with E-state index in [1.807, 2.05) is 44.2 Å². The van der Waals surface area contributed by atoms with Gasteiger partial charge in [-0.2, -0.15) is 0 Å². The number of nitrogens with zero attached hydrogens (tertiary/aromatic N) is 4. The molecule has 1 atom stereocenters. The molecule has 2 heterocycles. The molecule has 2 aromatic rings. The van der Waals surface area contributed by atoms with Gasteiger partial charge in [0.1, 0.15) is 17.9 Å². The molecule has 0 bridgehead atoms. The zero-order chi connectivity index (χ0) is 18.6. The largest absolute Gasteiger partial charge is 0.382 e. The minimum Gasteiger partial charge on any atom is -0.382 e. The first-order chi connectivity index (χ1) is 12.5. The van der Waals surface area contributed by atoms with Crippen LogP contribution < -0.4 is 0 Å². The first-order valence-electron chi connectivity index (χ1n) is 9.02. The molecule has 1 N–H and O–H groups in total. The molecule has 1 saturated heterocycles. The topological polar surface area (TPSA) is 80.5 Å². The number of hydrogen-bond donors (Lipinski definition) is 1. The molecule has 1 amide bonds. The summed E-state index contributed by atoms with van der Waals surface area (Å²) in [6.45, 7) is 5.25. The first kappa shape index (κ1) is 18.5. The first-order valence-corrected chi connectivity index (χ1v) is 9.02. The van der Waals surface area contributed by atoms with E-state index >= 15 is 0 Å². The zero-order valence-electron chi connectivity index (χ0n) is 15.3. The Bertz CT molecular complexity index is 731. The minimum atomic E-state index is -1.15. The molecule has 7 heteroatoms. The lowest BCUT2D eigenvalue weighted by molar-refractivity contribution is -0.144. The fraction of sp³-hybridized carbons (Fsp3) is 0.526. The van der Waals surface area contributed by atoms with E-state index in [-0.39, 0.29) is 25.1 Å². The highest BCUT2D eigenvalue weighted by Crippen LogP contribution is 2.30. The van der Waals surface area contributed by atoms with Crippen LogP contribution in [0.1, 0.15) is 44.0 Å². The number of β-amino-alcohol motifs (C(OH)–C–C–N with tert-alkyl or cyclic N) is 1. The maximum atomic E-state index is 12.5. The van der Waals surface area contributed by atoms with Gasteiger partial charge in [0, 0.05) is 12.6 Å². The predicted molar refractivity (Wildman–Crippen MR) is 96.2 cm³/mol. The molecule has 0 radical (unpaired) electrons. The van der Waals surface area contributed by atoms with Crippen LogP contribution >= 0.6 is 0 Å². The highest BCUT2D eigenvalue weighted by molar-refractivity contribution is 5.77. The van der Waals surface area contributed by atoms with Gasteiger partial charge in [-0.15, -0.1) is 5.10 Å². The molecule has 0 spiro atoms. The zero-order valence-corrected chi connectivity index (χ0v) is 15.3. The van der Waals surface area contributed by atoms with Crippen molar-refractivity contribution in [1.82, 2.24) is 19.9 Å². The summed E-state index contributed by atoms with van der Waals surface area (Å²) in [6.07, 6.45) is 3.05. The van der Waals surface area contributed by atoms with E-state index in [1.165, 1.54) is 0 Å². The highest BCUT2D eigenvalue weighted by Gasteiger charge is 2.39. The van der Waals surface area contributed by atoms with Gasteiger partial charge in [-0.05, 0) is 32.3 Å². The Balaban J connectivity index is 1.57. The summed E-state index contributed by atoms with van der Waals surface area (Å²) in [5.41, 5.74) is 0.398. The van der Waals surface area contributed by atoms with Crippen LogP contribution in [0.4, 0.5) is 0 Å². The van der Waals surface area contributed by atoms with Gasteiger partial charge in [0.05, 0.1) is 19.3 Å². The molecule has 1 unspecified atom stereocenters. The van der Waals surface area contributed by atoms with Crippen molar-refractivity contribution in [3.63, 3.8) is 0 Å². The number of carbonyl (C=O) groups is 1. The molecule has 26 heavy (non-hydrogen) atoms. The van der Waals surface area contributed by atoms with Gasteiger partial charge >= 0.3 is 0 Å². The summed E-state index contributed by atoms with van der Waals surface area (Å²) in [5, 5.41) is 19.2. The molecule has 7 nitrogen and oxygen atoms in total. The lowest BCUT2D eigenvalue weighted by Gasteiger charge is -2.37. The van der Waals surface area contributed by atoms with Crippen LogP contribution in [-0.2, 0) is 21.7 Å². The second-order valence-electron chi connectivity index (χ2n) is 7.11. The maximum Gasteiger partial charge on any atom is 0.248 e. The number of aromatic nitrogens is 3. The van der Waals surface area contributed by atoms with Crippen LogP contribution in [0.15, 0.2) is 36.5 Å². The SMILES string of the molecule is CC(C)n1cc(C2(O)CCCN(C(=O)COCc3ccccc3)C2)nn1. The molecule has 1 aromatic heterocycles. The average Bonchev–Trinajstić information content (AvgIpc) is 3.14. The standard InChI is InChI=1S/C19H26N4O3/c1-15(2)23-11-17(20-21-23)19(25)9-6-10-22(14-19)18(24)13-26-12-16-7-4-3-5-8-16/h3-5,7-8,11,15,25H,6,9-10,12-14H2,1-2H3. The summed E-state index contributed by atoms with van der Waals surface area (Å²) in [7, 11) is 0. The number of rotatable bonds is 6. The summed E-state index contributed by atoms with van der Waals surface area (Å²) in [5.74, 6) is -0.115. The fourth-order valence-electron chi connectivity index (χ4n) is 3.12. The van der Waals surface area contributed by atoms with Crippen molar-refractivity contribution >= 4 is 5.91 Å². The number of carbonyl (C=O) groups excluding carboxylic acids is 1. The Morgan fingerprint density at radius 2 is 2.12 bits per heavy atom. The van der Waals surface area contributed by atoms with E-state index in [2.05, 4.69) is 10.3 Å². The molecular formula is C19H26N4O3. The number of hydrogen-bond acceptors (Lipinski definition) is 5. The van der Waals surface area contributed by atoms with Crippen molar-refractivity contribution in [3.05, 3.63) is 47.8 Å².